The lowest BCUT2D eigenvalue weighted by Crippen LogP contribution is -2.31. The third-order valence-electron chi connectivity index (χ3n) is 1.32. The first kappa shape index (κ1) is 13.5. The van der Waals surface area contributed by atoms with E-state index in [9.17, 15) is 34.8 Å². The van der Waals surface area contributed by atoms with E-state index in [2.05, 4.69) is 9.97 Å². The third-order valence-corrected chi connectivity index (χ3v) is 2.39. The number of hydrogen-bond acceptors (Lipinski definition) is 4. The van der Waals surface area contributed by atoms with Gasteiger partial charge in [0.25, 0.3) is 5.95 Å². The van der Waals surface area contributed by atoms with Gasteiger partial charge in [0.1, 0.15) is 0 Å². The van der Waals surface area contributed by atoms with Crippen LogP contribution >= 0.6 is 0 Å². The van der Waals surface area contributed by atoms with Gasteiger partial charge in [0.15, 0.2) is 5.82 Å². The number of alkyl halides is 3. The average molecular weight is 281 g/mol. The Kier molecular flexibility index (Phi) is 3.18. The van der Waals surface area contributed by atoms with Crippen LogP contribution in [0, 0.1) is 17.8 Å². The van der Waals surface area contributed by atoms with Gasteiger partial charge in [-0.1, -0.05) is 0 Å². The van der Waals surface area contributed by atoms with Crippen molar-refractivity contribution in [2.24, 2.45) is 0 Å². The van der Waals surface area contributed by atoms with Gasteiger partial charge in [0, 0.05) is 0 Å². The Morgan fingerprint density at radius 1 is 1.06 bits per heavy atom. The molecule has 1 aromatic rings. The van der Waals surface area contributed by atoms with Crippen molar-refractivity contribution in [3.63, 3.8) is 0 Å². The van der Waals surface area contributed by atoms with Gasteiger partial charge >= 0.3 is 21.6 Å². The van der Waals surface area contributed by atoms with Crippen LogP contribution in [0.5, 0.6) is 0 Å². The van der Waals surface area contributed by atoms with E-state index in [1.165, 1.54) is 0 Å². The molecule has 17 heavy (non-hydrogen) atoms. The Morgan fingerprint density at radius 3 is 2.06 bits per heavy atom. The molecule has 0 bridgehead atoms. The van der Waals surface area contributed by atoms with Crippen LogP contribution in [0.3, 0.4) is 0 Å². The molecule has 1 N–H and O–H groups in total. The van der Waals surface area contributed by atoms with Crippen molar-refractivity contribution in [3.05, 3.63) is 17.8 Å². The summed E-state index contributed by atoms with van der Waals surface area (Å²) >= 11 is 0. The fraction of sp³-hybridized carbons (Fsp3) is 0.200. The Labute approximate surface area is 89.5 Å². The summed E-state index contributed by atoms with van der Waals surface area (Å²) in [4.78, 5) is 4.54. The molecule has 0 atom stereocenters. The molecule has 0 aliphatic carbocycles. The predicted octanol–water partition coefficient (Wildman–Crippen LogP) is 1.16. The number of anilines is 1. The zero-order chi connectivity index (χ0) is 13.4. The van der Waals surface area contributed by atoms with Crippen LogP contribution in [-0.2, 0) is 10.0 Å². The largest absolute Gasteiger partial charge is 0.516 e. The monoisotopic (exact) mass is 281 g/mol. The van der Waals surface area contributed by atoms with E-state index in [4.69, 9.17) is 0 Å². The molecular formula is C5HF6N3O2S. The molecule has 96 valence electrons. The molecule has 5 nitrogen and oxygen atoms in total. The van der Waals surface area contributed by atoms with Gasteiger partial charge in [-0.15, -0.1) is 0 Å². The second-order valence-electron chi connectivity index (χ2n) is 2.50. The molecule has 1 rings (SSSR count). The highest BCUT2D eigenvalue weighted by Crippen LogP contribution is 2.25. The van der Waals surface area contributed by atoms with E-state index in [0.717, 1.165) is 0 Å². The zero-order valence-electron chi connectivity index (χ0n) is 7.39. The molecule has 0 aromatic carbocycles. The maximum atomic E-state index is 12.7. The lowest BCUT2D eigenvalue weighted by Gasteiger charge is -2.10. The Balaban J connectivity index is 3.22. The number of nitrogens with zero attached hydrogens (tertiary/aromatic N) is 2. The molecule has 0 saturated carbocycles. The van der Waals surface area contributed by atoms with Crippen molar-refractivity contribution in [1.82, 2.24) is 9.97 Å². The van der Waals surface area contributed by atoms with E-state index < -0.39 is 39.2 Å². The standard InChI is InChI=1S/C5HF6N3O2S/c6-1-2(7)12-4(8)13-3(1)14-17(15,16)5(9,10)11/h(H,12,13,14). The van der Waals surface area contributed by atoms with Crippen LogP contribution in [0.25, 0.3) is 0 Å². The van der Waals surface area contributed by atoms with Gasteiger partial charge in [-0.3, -0.25) is 4.72 Å². The predicted molar refractivity (Wildman–Crippen MR) is 40.5 cm³/mol. The van der Waals surface area contributed by atoms with Crippen molar-refractivity contribution in [1.29, 1.82) is 0 Å². The molecule has 0 fully saturated rings. The Hall–Kier alpha value is -1.59. The van der Waals surface area contributed by atoms with E-state index in [1.54, 1.807) is 0 Å². The SMILES string of the molecule is O=S(=O)(Nc1nc(F)nc(F)c1F)C(F)(F)F. The summed E-state index contributed by atoms with van der Waals surface area (Å²) in [7, 11) is -6.02. The summed E-state index contributed by atoms with van der Waals surface area (Å²) < 4.78 is 94.6. The second-order valence-corrected chi connectivity index (χ2v) is 4.17. The number of nitrogens with one attached hydrogen (secondary N) is 1. The first-order chi connectivity index (χ1) is 7.54. The van der Waals surface area contributed by atoms with Crippen molar-refractivity contribution in [2.45, 2.75) is 5.51 Å². The van der Waals surface area contributed by atoms with E-state index in [1.807, 2.05) is 0 Å². The maximum absolute atomic E-state index is 12.7. The van der Waals surface area contributed by atoms with Crippen LogP contribution in [0.15, 0.2) is 0 Å². The van der Waals surface area contributed by atoms with Gasteiger partial charge in [0.05, 0.1) is 0 Å². The molecule has 1 aromatic heterocycles. The third kappa shape index (κ3) is 2.75. The summed E-state index contributed by atoms with van der Waals surface area (Å²) in [5, 5.41) is 0. The van der Waals surface area contributed by atoms with Crippen LogP contribution in [0.4, 0.5) is 32.2 Å². The smallest absolute Gasteiger partial charge is 0.257 e. The van der Waals surface area contributed by atoms with Gasteiger partial charge in [-0.25, -0.2) is 0 Å². The highest BCUT2D eigenvalue weighted by molar-refractivity contribution is 7.93. The van der Waals surface area contributed by atoms with Gasteiger partial charge in [-0.2, -0.15) is 44.7 Å². The molecule has 0 unspecified atom stereocenters. The summed E-state index contributed by atoms with van der Waals surface area (Å²) in [6, 6.07) is 0. The highest BCUT2D eigenvalue weighted by Gasteiger charge is 2.46. The van der Waals surface area contributed by atoms with Gasteiger partial charge in [-0.05, 0) is 0 Å². The topological polar surface area (TPSA) is 72.0 Å². The molecule has 0 saturated heterocycles. The fourth-order valence-corrected chi connectivity index (χ4v) is 1.15. The van der Waals surface area contributed by atoms with E-state index in [0.29, 0.717) is 4.72 Å². The molecule has 12 heteroatoms. The van der Waals surface area contributed by atoms with Crippen LogP contribution in [0.2, 0.25) is 0 Å². The molecule has 0 aliphatic heterocycles. The summed E-state index contributed by atoms with van der Waals surface area (Å²) in [6.45, 7) is 0. The minimum absolute atomic E-state index is 0.549. The Bertz CT molecular complexity index is 541. The lowest BCUT2D eigenvalue weighted by molar-refractivity contribution is -0.0429. The molecule has 1 heterocycles. The maximum Gasteiger partial charge on any atom is 0.516 e. The second kappa shape index (κ2) is 4.01. The number of sulfonamides is 1. The molecule has 0 amide bonds. The Morgan fingerprint density at radius 2 is 1.59 bits per heavy atom. The van der Waals surface area contributed by atoms with Crippen molar-refractivity contribution >= 4 is 15.8 Å². The van der Waals surface area contributed by atoms with Gasteiger partial charge in [0.2, 0.25) is 5.82 Å². The van der Waals surface area contributed by atoms with Crippen LogP contribution in [0.1, 0.15) is 0 Å². The molecular weight excluding hydrogens is 280 g/mol. The number of hydrogen-bond donors (Lipinski definition) is 1. The van der Waals surface area contributed by atoms with E-state index >= 15 is 0 Å². The van der Waals surface area contributed by atoms with Crippen molar-refractivity contribution < 1.29 is 34.8 Å². The number of halogens is 6. The lowest BCUT2D eigenvalue weighted by atomic mass is 10.5. The first-order valence-electron chi connectivity index (χ1n) is 3.52. The average Bonchev–Trinajstić information content (AvgIpc) is 2.11. The summed E-state index contributed by atoms with van der Waals surface area (Å²) in [5.74, 6) is -6.05. The summed E-state index contributed by atoms with van der Waals surface area (Å²) in [5.41, 5.74) is -5.78. The van der Waals surface area contributed by atoms with Crippen LogP contribution in [-0.4, -0.2) is 23.9 Å². The number of aromatic nitrogens is 2. The molecule has 0 spiro atoms. The minimum atomic E-state index is -6.02. The minimum Gasteiger partial charge on any atom is -0.257 e. The van der Waals surface area contributed by atoms with Crippen LogP contribution < -0.4 is 4.72 Å². The highest BCUT2D eigenvalue weighted by atomic mass is 32.2. The fourth-order valence-electron chi connectivity index (χ4n) is 0.647. The normalized spacial score (nSPS) is 12.6. The summed E-state index contributed by atoms with van der Waals surface area (Å²) in [6.07, 6.45) is -1.93. The number of rotatable bonds is 2. The van der Waals surface area contributed by atoms with Crippen molar-refractivity contribution in [3.8, 4) is 0 Å². The molecule has 0 radical (unpaired) electrons. The zero-order valence-corrected chi connectivity index (χ0v) is 8.20. The molecule has 0 aliphatic rings. The van der Waals surface area contributed by atoms with Crippen molar-refractivity contribution in [2.75, 3.05) is 4.72 Å². The first-order valence-corrected chi connectivity index (χ1v) is 5.00. The van der Waals surface area contributed by atoms with E-state index in [-0.39, 0.29) is 0 Å². The quantitative estimate of drug-likeness (QED) is 0.501. The van der Waals surface area contributed by atoms with Gasteiger partial charge < -0.3 is 0 Å².